The molecular weight excluding hydrogens is 296 g/mol. The fourth-order valence-electron chi connectivity index (χ4n) is 3.69. The fraction of sp³-hybridized carbons (Fsp3) is 0.529. The lowest BCUT2D eigenvalue weighted by molar-refractivity contribution is -0.129. The summed E-state index contributed by atoms with van der Waals surface area (Å²) in [5, 5.41) is 2.89. The molecule has 2 heterocycles. The Morgan fingerprint density at radius 1 is 1.17 bits per heavy atom. The van der Waals surface area contributed by atoms with Gasteiger partial charge < -0.3 is 19.7 Å². The zero-order chi connectivity index (χ0) is 15.8. The number of hydrogen-bond donors (Lipinski definition) is 1. The van der Waals surface area contributed by atoms with Crippen molar-refractivity contribution in [3.63, 3.8) is 0 Å². The summed E-state index contributed by atoms with van der Waals surface area (Å²) < 4.78 is 10.6. The Labute approximate surface area is 134 Å². The van der Waals surface area contributed by atoms with Crippen molar-refractivity contribution in [2.75, 3.05) is 18.7 Å². The van der Waals surface area contributed by atoms with Crippen LogP contribution in [0.5, 0.6) is 11.5 Å². The average Bonchev–Trinajstić information content (AvgIpc) is 3.26. The number of nitrogens with one attached hydrogen (secondary N) is 1. The van der Waals surface area contributed by atoms with E-state index in [0.717, 1.165) is 12.8 Å². The van der Waals surface area contributed by atoms with Gasteiger partial charge in [0.15, 0.2) is 11.5 Å². The molecule has 1 aromatic carbocycles. The molecule has 0 spiro atoms. The van der Waals surface area contributed by atoms with Crippen LogP contribution in [-0.4, -0.2) is 36.1 Å². The van der Waals surface area contributed by atoms with Gasteiger partial charge in [0.2, 0.25) is 18.6 Å². The number of benzene rings is 1. The highest BCUT2D eigenvalue weighted by Crippen LogP contribution is 2.35. The first-order chi connectivity index (χ1) is 11.2. The van der Waals surface area contributed by atoms with Crippen LogP contribution < -0.4 is 14.8 Å². The zero-order valence-corrected chi connectivity index (χ0v) is 12.9. The lowest BCUT2D eigenvalue weighted by atomic mass is 10.1. The molecule has 23 heavy (non-hydrogen) atoms. The van der Waals surface area contributed by atoms with Crippen LogP contribution in [0.1, 0.15) is 32.1 Å². The van der Waals surface area contributed by atoms with Gasteiger partial charge in [-0.25, -0.2) is 0 Å². The van der Waals surface area contributed by atoms with E-state index in [4.69, 9.17) is 9.47 Å². The largest absolute Gasteiger partial charge is 0.454 e. The predicted octanol–water partition coefficient (Wildman–Crippen LogP) is 2.14. The minimum atomic E-state index is -0.270. The van der Waals surface area contributed by atoms with Crippen LogP contribution >= 0.6 is 0 Å². The molecule has 0 aromatic heterocycles. The van der Waals surface area contributed by atoms with E-state index >= 15 is 0 Å². The number of anilines is 1. The van der Waals surface area contributed by atoms with Crippen molar-refractivity contribution in [2.45, 2.75) is 38.1 Å². The Morgan fingerprint density at radius 3 is 2.78 bits per heavy atom. The summed E-state index contributed by atoms with van der Waals surface area (Å²) in [6, 6.07) is 5.66. The van der Waals surface area contributed by atoms with Gasteiger partial charge >= 0.3 is 0 Å². The molecular formula is C17H20N2O4. The van der Waals surface area contributed by atoms with E-state index < -0.39 is 0 Å². The number of amides is 2. The Balaban J connectivity index is 1.40. The van der Waals surface area contributed by atoms with E-state index in [1.165, 1.54) is 12.8 Å². The van der Waals surface area contributed by atoms with Crippen molar-refractivity contribution in [2.24, 2.45) is 5.92 Å². The number of rotatable bonds is 3. The molecule has 3 aliphatic rings. The number of ether oxygens (including phenoxy) is 2. The van der Waals surface area contributed by atoms with Crippen LogP contribution in [-0.2, 0) is 9.59 Å². The Hall–Kier alpha value is -2.24. The number of likely N-dealkylation sites (tertiary alicyclic amines) is 1. The molecule has 0 unspecified atom stereocenters. The van der Waals surface area contributed by atoms with Gasteiger partial charge in [0.25, 0.3) is 0 Å². The molecule has 1 saturated heterocycles. The van der Waals surface area contributed by atoms with Gasteiger partial charge in [0, 0.05) is 30.8 Å². The molecule has 1 N–H and O–H groups in total. The normalized spacial score (nSPS) is 23.6. The summed E-state index contributed by atoms with van der Waals surface area (Å²) in [6.07, 6.45) is 4.82. The van der Waals surface area contributed by atoms with E-state index in [-0.39, 0.29) is 24.5 Å². The van der Waals surface area contributed by atoms with E-state index in [1.807, 2.05) is 4.90 Å². The second kappa shape index (κ2) is 5.76. The van der Waals surface area contributed by atoms with Crippen molar-refractivity contribution < 1.29 is 19.1 Å². The molecule has 1 atom stereocenters. The molecule has 4 rings (SSSR count). The lowest BCUT2D eigenvalue weighted by Crippen LogP contribution is -2.35. The molecule has 1 aliphatic carbocycles. The second-order valence-corrected chi connectivity index (χ2v) is 6.44. The standard InChI is InChI=1S/C17H20N2O4/c20-16-7-11(9-19(16)13-3-1-2-4-13)17(21)18-12-5-6-14-15(8-12)23-10-22-14/h5-6,8,11,13H,1-4,7,9-10H2,(H,18,21)/t11-/m0/s1. The third kappa shape index (κ3) is 2.73. The summed E-state index contributed by atoms with van der Waals surface area (Å²) in [7, 11) is 0. The van der Waals surface area contributed by atoms with E-state index in [9.17, 15) is 9.59 Å². The highest BCUT2D eigenvalue weighted by atomic mass is 16.7. The molecule has 2 amide bonds. The van der Waals surface area contributed by atoms with Crippen LogP contribution in [0.25, 0.3) is 0 Å². The predicted molar refractivity (Wildman–Crippen MR) is 83.3 cm³/mol. The highest BCUT2D eigenvalue weighted by Gasteiger charge is 2.38. The molecule has 122 valence electrons. The molecule has 1 aromatic rings. The number of nitrogens with zero attached hydrogens (tertiary/aromatic N) is 1. The topological polar surface area (TPSA) is 67.9 Å². The van der Waals surface area contributed by atoms with Crippen molar-refractivity contribution in [3.05, 3.63) is 18.2 Å². The van der Waals surface area contributed by atoms with E-state index in [1.54, 1.807) is 18.2 Å². The summed E-state index contributed by atoms with van der Waals surface area (Å²) in [5.74, 6) is 1.07. The van der Waals surface area contributed by atoms with Crippen molar-refractivity contribution in [3.8, 4) is 11.5 Å². The molecule has 0 bridgehead atoms. The van der Waals surface area contributed by atoms with Gasteiger partial charge in [-0.15, -0.1) is 0 Å². The smallest absolute Gasteiger partial charge is 0.231 e. The van der Waals surface area contributed by atoms with Gasteiger partial charge in [-0.05, 0) is 25.0 Å². The maximum atomic E-state index is 12.5. The van der Waals surface area contributed by atoms with Gasteiger partial charge in [0.1, 0.15) is 0 Å². The molecule has 2 aliphatic heterocycles. The van der Waals surface area contributed by atoms with Crippen LogP contribution in [0.15, 0.2) is 18.2 Å². The van der Waals surface area contributed by atoms with Crippen LogP contribution in [0.2, 0.25) is 0 Å². The van der Waals surface area contributed by atoms with Gasteiger partial charge in [0.05, 0.1) is 5.92 Å². The quantitative estimate of drug-likeness (QED) is 0.928. The second-order valence-electron chi connectivity index (χ2n) is 6.44. The van der Waals surface area contributed by atoms with Gasteiger partial charge in [-0.2, -0.15) is 0 Å². The summed E-state index contributed by atoms with van der Waals surface area (Å²) >= 11 is 0. The van der Waals surface area contributed by atoms with E-state index in [2.05, 4.69) is 5.32 Å². The summed E-state index contributed by atoms with van der Waals surface area (Å²) in [4.78, 5) is 26.6. The lowest BCUT2D eigenvalue weighted by Gasteiger charge is -2.23. The maximum absolute atomic E-state index is 12.5. The summed E-state index contributed by atoms with van der Waals surface area (Å²) in [5.41, 5.74) is 0.672. The Morgan fingerprint density at radius 2 is 1.96 bits per heavy atom. The van der Waals surface area contributed by atoms with Crippen LogP contribution in [0, 0.1) is 5.92 Å². The minimum absolute atomic E-state index is 0.0993. The van der Waals surface area contributed by atoms with Crippen LogP contribution in [0.3, 0.4) is 0 Å². The number of carbonyl (C=O) groups is 2. The maximum Gasteiger partial charge on any atom is 0.231 e. The zero-order valence-electron chi connectivity index (χ0n) is 12.9. The number of fused-ring (bicyclic) bond motifs is 1. The molecule has 6 nitrogen and oxygen atoms in total. The third-order valence-electron chi connectivity index (χ3n) is 4.93. The monoisotopic (exact) mass is 316 g/mol. The minimum Gasteiger partial charge on any atom is -0.454 e. The van der Waals surface area contributed by atoms with Crippen molar-refractivity contribution >= 4 is 17.5 Å². The number of carbonyl (C=O) groups excluding carboxylic acids is 2. The fourth-order valence-corrected chi connectivity index (χ4v) is 3.69. The average molecular weight is 316 g/mol. The molecule has 2 fully saturated rings. The van der Waals surface area contributed by atoms with Gasteiger partial charge in [-0.3, -0.25) is 9.59 Å². The third-order valence-corrected chi connectivity index (χ3v) is 4.93. The first kappa shape index (κ1) is 14.4. The number of hydrogen-bond acceptors (Lipinski definition) is 4. The first-order valence-electron chi connectivity index (χ1n) is 8.21. The molecule has 6 heteroatoms. The Kier molecular flexibility index (Phi) is 3.59. The van der Waals surface area contributed by atoms with Crippen molar-refractivity contribution in [1.82, 2.24) is 4.90 Å². The Bertz CT molecular complexity index is 639. The summed E-state index contributed by atoms with van der Waals surface area (Å²) in [6.45, 7) is 0.750. The van der Waals surface area contributed by atoms with E-state index in [0.29, 0.717) is 36.2 Å². The highest BCUT2D eigenvalue weighted by molar-refractivity contribution is 5.97. The first-order valence-corrected chi connectivity index (χ1v) is 8.21. The van der Waals surface area contributed by atoms with Crippen molar-refractivity contribution in [1.29, 1.82) is 0 Å². The SMILES string of the molecule is O=C(Nc1ccc2c(c1)OCO2)[C@H]1CC(=O)N(C2CCCC2)C1. The molecule has 1 saturated carbocycles. The van der Waals surface area contributed by atoms with Crippen LogP contribution in [0.4, 0.5) is 5.69 Å². The van der Waals surface area contributed by atoms with Gasteiger partial charge in [-0.1, -0.05) is 12.8 Å². The molecule has 0 radical (unpaired) electrons.